The van der Waals surface area contributed by atoms with Crippen LogP contribution in [-0.2, 0) is 11.3 Å². The van der Waals surface area contributed by atoms with Crippen molar-refractivity contribution in [3.8, 4) is 11.5 Å². The Morgan fingerprint density at radius 2 is 2.17 bits per heavy atom. The summed E-state index contributed by atoms with van der Waals surface area (Å²) < 4.78 is 33.6. The Morgan fingerprint density at radius 3 is 2.72 bits per heavy atom. The Balaban J connectivity index is 2.72. The Hall–Kier alpha value is -1.89. The molecule has 1 aromatic carbocycles. The number of hydrogen-bond acceptors (Lipinski definition) is 4. The monoisotopic (exact) mass is 260 g/mol. The molecule has 0 aliphatic rings. The van der Waals surface area contributed by atoms with Crippen LogP contribution >= 0.6 is 0 Å². The fraction of sp³-hybridized carbons (Fsp3) is 0.364. The maximum Gasteiger partial charge on any atom is 0.387 e. The van der Waals surface area contributed by atoms with E-state index in [1.54, 1.807) is 6.07 Å². The average molecular weight is 260 g/mol. The zero-order valence-electron chi connectivity index (χ0n) is 9.78. The van der Waals surface area contributed by atoms with Gasteiger partial charge < -0.3 is 20.5 Å². The van der Waals surface area contributed by atoms with Gasteiger partial charge in [0.05, 0.1) is 13.7 Å². The van der Waals surface area contributed by atoms with Gasteiger partial charge >= 0.3 is 6.61 Å². The van der Waals surface area contributed by atoms with Gasteiger partial charge in [0.15, 0.2) is 11.5 Å². The lowest BCUT2D eigenvalue weighted by atomic mass is 10.2. The zero-order chi connectivity index (χ0) is 13.5. The molecule has 0 aliphatic heterocycles. The van der Waals surface area contributed by atoms with Crippen LogP contribution in [-0.4, -0.2) is 26.2 Å². The molecular formula is C11H14F2N2O3. The molecule has 0 spiro atoms. The smallest absolute Gasteiger partial charge is 0.387 e. The van der Waals surface area contributed by atoms with Crippen molar-refractivity contribution in [3.05, 3.63) is 23.8 Å². The summed E-state index contributed by atoms with van der Waals surface area (Å²) in [5.74, 6) is -0.326. The van der Waals surface area contributed by atoms with Crippen molar-refractivity contribution < 1.29 is 23.0 Å². The van der Waals surface area contributed by atoms with E-state index in [4.69, 9.17) is 10.5 Å². The number of nitrogens with one attached hydrogen (secondary N) is 1. The highest BCUT2D eigenvalue weighted by molar-refractivity contribution is 5.75. The predicted molar refractivity (Wildman–Crippen MR) is 60.5 cm³/mol. The van der Waals surface area contributed by atoms with Crippen molar-refractivity contribution in [2.45, 2.75) is 13.2 Å². The average Bonchev–Trinajstić information content (AvgIpc) is 2.28. The fourth-order valence-electron chi connectivity index (χ4n) is 1.35. The number of primary amides is 1. The van der Waals surface area contributed by atoms with E-state index < -0.39 is 12.5 Å². The van der Waals surface area contributed by atoms with Crippen molar-refractivity contribution >= 4 is 5.91 Å². The number of alkyl halides is 2. The van der Waals surface area contributed by atoms with Crippen LogP contribution in [0.15, 0.2) is 18.2 Å². The molecular weight excluding hydrogens is 246 g/mol. The lowest BCUT2D eigenvalue weighted by Gasteiger charge is -2.11. The number of ether oxygens (including phenoxy) is 2. The zero-order valence-corrected chi connectivity index (χ0v) is 9.78. The molecule has 3 N–H and O–H groups in total. The number of hydrogen-bond donors (Lipinski definition) is 2. The predicted octanol–water partition coefficient (Wildman–Crippen LogP) is 0.871. The standard InChI is InChI=1S/C11H14F2N2O3/c1-17-8-3-2-7(5-15-6-10(14)16)4-9(8)18-11(12)13/h2-4,11,15H,5-6H2,1H3,(H2,14,16). The Kier molecular flexibility index (Phi) is 5.31. The Labute approximate surface area is 103 Å². The van der Waals surface area contributed by atoms with Gasteiger partial charge in [-0.2, -0.15) is 8.78 Å². The first-order valence-electron chi connectivity index (χ1n) is 5.13. The molecule has 0 fully saturated rings. The number of benzene rings is 1. The molecule has 100 valence electrons. The van der Waals surface area contributed by atoms with Gasteiger partial charge in [0.1, 0.15) is 0 Å². The third-order valence-corrected chi connectivity index (χ3v) is 2.07. The lowest BCUT2D eigenvalue weighted by molar-refractivity contribution is -0.117. The van der Waals surface area contributed by atoms with Gasteiger partial charge in [0, 0.05) is 6.54 Å². The molecule has 0 atom stereocenters. The normalized spacial score (nSPS) is 10.4. The number of nitrogens with two attached hydrogens (primary N) is 1. The summed E-state index contributed by atoms with van der Waals surface area (Å²) in [4.78, 5) is 10.5. The fourth-order valence-corrected chi connectivity index (χ4v) is 1.35. The molecule has 1 amide bonds. The number of carbonyl (C=O) groups excluding carboxylic acids is 1. The first kappa shape index (κ1) is 14.2. The minimum absolute atomic E-state index is 0.0110. The maximum atomic E-state index is 12.2. The summed E-state index contributed by atoms with van der Waals surface area (Å²) in [7, 11) is 1.36. The van der Waals surface area contributed by atoms with Gasteiger partial charge in [-0.15, -0.1) is 0 Å². The van der Waals surface area contributed by atoms with Crippen molar-refractivity contribution in [3.63, 3.8) is 0 Å². The molecule has 1 rings (SSSR count). The number of halogens is 2. The highest BCUT2D eigenvalue weighted by atomic mass is 19.3. The van der Waals surface area contributed by atoms with Crippen molar-refractivity contribution in [1.82, 2.24) is 5.32 Å². The van der Waals surface area contributed by atoms with Crippen LogP contribution < -0.4 is 20.5 Å². The molecule has 5 nitrogen and oxygen atoms in total. The molecule has 0 saturated carbocycles. The van der Waals surface area contributed by atoms with E-state index in [0.29, 0.717) is 12.1 Å². The van der Waals surface area contributed by atoms with Crippen LogP contribution in [0.25, 0.3) is 0 Å². The van der Waals surface area contributed by atoms with Crippen LogP contribution in [0.2, 0.25) is 0 Å². The van der Waals surface area contributed by atoms with E-state index in [9.17, 15) is 13.6 Å². The van der Waals surface area contributed by atoms with E-state index in [0.717, 1.165) is 0 Å². The molecule has 0 aliphatic carbocycles. The van der Waals surface area contributed by atoms with Crippen molar-refractivity contribution in [2.75, 3.05) is 13.7 Å². The van der Waals surface area contributed by atoms with Crippen LogP contribution in [0.1, 0.15) is 5.56 Å². The number of rotatable bonds is 7. The second-order valence-corrected chi connectivity index (χ2v) is 3.43. The number of carbonyl (C=O) groups is 1. The molecule has 0 saturated heterocycles. The van der Waals surface area contributed by atoms with Gasteiger partial charge in [-0.3, -0.25) is 4.79 Å². The third-order valence-electron chi connectivity index (χ3n) is 2.07. The minimum atomic E-state index is -2.92. The maximum absolute atomic E-state index is 12.2. The summed E-state index contributed by atoms with van der Waals surface area (Å²) in [6.45, 7) is -2.60. The van der Waals surface area contributed by atoms with Gasteiger partial charge in [-0.25, -0.2) is 0 Å². The molecule has 18 heavy (non-hydrogen) atoms. The van der Waals surface area contributed by atoms with E-state index in [2.05, 4.69) is 10.1 Å². The van der Waals surface area contributed by atoms with E-state index in [1.165, 1.54) is 19.2 Å². The Morgan fingerprint density at radius 1 is 1.44 bits per heavy atom. The topological polar surface area (TPSA) is 73.6 Å². The van der Waals surface area contributed by atoms with Crippen molar-refractivity contribution in [2.24, 2.45) is 5.73 Å². The van der Waals surface area contributed by atoms with Crippen LogP contribution in [0.5, 0.6) is 11.5 Å². The summed E-state index contributed by atoms with van der Waals surface area (Å²) in [6.07, 6.45) is 0. The molecule has 0 unspecified atom stereocenters. The number of amides is 1. The van der Waals surface area contributed by atoms with Gasteiger partial charge in [0.25, 0.3) is 0 Å². The van der Waals surface area contributed by atoms with E-state index in [-0.39, 0.29) is 18.0 Å². The molecule has 0 aromatic heterocycles. The van der Waals surface area contributed by atoms with Crippen molar-refractivity contribution in [1.29, 1.82) is 0 Å². The Bertz CT molecular complexity index is 413. The summed E-state index contributed by atoms with van der Waals surface area (Å²) in [5.41, 5.74) is 5.63. The highest BCUT2D eigenvalue weighted by Crippen LogP contribution is 2.29. The first-order chi connectivity index (χ1) is 8.52. The number of methoxy groups -OCH3 is 1. The second kappa shape index (κ2) is 6.75. The highest BCUT2D eigenvalue weighted by Gasteiger charge is 2.11. The molecule has 0 radical (unpaired) electrons. The lowest BCUT2D eigenvalue weighted by Crippen LogP contribution is -2.28. The first-order valence-corrected chi connectivity index (χ1v) is 5.13. The molecule has 1 aromatic rings. The molecule has 0 bridgehead atoms. The quantitative estimate of drug-likeness (QED) is 0.763. The van der Waals surface area contributed by atoms with Gasteiger partial charge in [-0.1, -0.05) is 6.07 Å². The van der Waals surface area contributed by atoms with Crippen LogP contribution in [0, 0.1) is 0 Å². The summed E-state index contributed by atoms with van der Waals surface area (Å²) >= 11 is 0. The summed E-state index contributed by atoms with van der Waals surface area (Å²) in [6, 6.07) is 4.60. The minimum Gasteiger partial charge on any atom is -0.493 e. The third kappa shape index (κ3) is 4.54. The molecule has 0 heterocycles. The van der Waals surface area contributed by atoms with Gasteiger partial charge in [0.2, 0.25) is 5.91 Å². The van der Waals surface area contributed by atoms with Crippen LogP contribution in [0.3, 0.4) is 0 Å². The van der Waals surface area contributed by atoms with E-state index in [1.807, 2.05) is 0 Å². The van der Waals surface area contributed by atoms with Crippen LogP contribution in [0.4, 0.5) is 8.78 Å². The van der Waals surface area contributed by atoms with E-state index >= 15 is 0 Å². The SMILES string of the molecule is COc1ccc(CNCC(N)=O)cc1OC(F)F. The largest absolute Gasteiger partial charge is 0.493 e. The molecule has 7 heteroatoms. The second-order valence-electron chi connectivity index (χ2n) is 3.43. The van der Waals surface area contributed by atoms with Gasteiger partial charge in [-0.05, 0) is 17.7 Å². The summed E-state index contributed by atoms with van der Waals surface area (Å²) in [5, 5.41) is 2.76.